The summed E-state index contributed by atoms with van der Waals surface area (Å²) in [5.74, 6) is -0.628. The normalized spacial score (nSPS) is 10.0. The van der Waals surface area contributed by atoms with E-state index in [1.165, 1.54) is 6.92 Å². The fraction of sp³-hybridized carbons (Fsp3) is 0.222. The van der Waals surface area contributed by atoms with E-state index in [9.17, 15) is 9.18 Å². The summed E-state index contributed by atoms with van der Waals surface area (Å²) in [4.78, 5) is 10.9. The van der Waals surface area contributed by atoms with Gasteiger partial charge in [0, 0.05) is 3.57 Å². The first-order chi connectivity index (χ1) is 5.52. The minimum Gasteiger partial charge on any atom is -0.294 e. The lowest BCUT2D eigenvalue weighted by molar-refractivity contribution is 0.101. The van der Waals surface area contributed by atoms with Gasteiger partial charge in [0.25, 0.3) is 0 Å². The summed E-state index contributed by atoms with van der Waals surface area (Å²) in [6.07, 6.45) is 0. The zero-order valence-electron chi connectivity index (χ0n) is 6.82. The lowest BCUT2D eigenvalue weighted by Crippen LogP contribution is -1.99. The highest BCUT2D eigenvalue weighted by Crippen LogP contribution is 2.17. The SMILES string of the molecule is CC(=O)c1cc(I)cc(C)c1F. The molecule has 12 heavy (non-hydrogen) atoms. The summed E-state index contributed by atoms with van der Waals surface area (Å²) >= 11 is 2.06. The first-order valence-corrected chi connectivity index (χ1v) is 4.57. The second-order valence-corrected chi connectivity index (χ2v) is 3.89. The zero-order valence-corrected chi connectivity index (χ0v) is 8.98. The highest BCUT2D eigenvalue weighted by molar-refractivity contribution is 14.1. The highest BCUT2D eigenvalue weighted by atomic mass is 127. The summed E-state index contributed by atoms with van der Waals surface area (Å²) < 4.78 is 14.1. The van der Waals surface area contributed by atoms with Crippen molar-refractivity contribution in [1.29, 1.82) is 0 Å². The van der Waals surface area contributed by atoms with Crippen molar-refractivity contribution < 1.29 is 9.18 Å². The van der Waals surface area contributed by atoms with Gasteiger partial charge >= 0.3 is 0 Å². The maximum atomic E-state index is 13.2. The molecule has 0 atom stereocenters. The number of halogens is 2. The van der Waals surface area contributed by atoms with Gasteiger partial charge in [-0.3, -0.25) is 4.79 Å². The van der Waals surface area contributed by atoms with Crippen LogP contribution in [0.2, 0.25) is 0 Å². The molecular formula is C9H8FIO. The molecule has 0 N–H and O–H groups in total. The Morgan fingerprint density at radius 2 is 2.08 bits per heavy atom. The monoisotopic (exact) mass is 278 g/mol. The maximum absolute atomic E-state index is 13.2. The van der Waals surface area contributed by atoms with Gasteiger partial charge in [-0.25, -0.2) is 4.39 Å². The van der Waals surface area contributed by atoms with E-state index in [2.05, 4.69) is 22.6 Å². The van der Waals surface area contributed by atoms with Crippen LogP contribution in [0.5, 0.6) is 0 Å². The summed E-state index contributed by atoms with van der Waals surface area (Å²) in [6, 6.07) is 3.27. The maximum Gasteiger partial charge on any atom is 0.162 e. The van der Waals surface area contributed by atoms with Gasteiger partial charge in [-0.05, 0) is 54.1 Å². The number of aryl methyl sites for hydroxylation is 1. The molecule has 0 unspecified atom stereocenters. The van der Waals surface area contributed by atoms with Gasteiger partial charge in [0.2, 0.25) is 0 Å². The zero-order chi connectivity index (χ0) is 9.30. The lowest BCUT2D eigenvalue weighted by atomic mass is 10.1. The Balaban J connectivity index is 3.37. The molecule has 0 aliphatic heterocycles. The molecule has 0 heterocycles. The largest absolute Gasteiger partial charge is 0.294 e. The van der Waals surface area contributed by atoms with Crippen LogP contribution in [0, 0.1) is 16.3 Å². The second-order valence-electron chi connectivity index (χ2n) is 2.64. The van der Waals surface area contributed by atoms with Crippen LogP contribution >= 0.6 is 22.6 Å². The van der Waals surface area contributed by atoms with Crippen LogP contribution < -0.4 is 0 Å². The predicted molar refractivity (Wildman–Crippen MR) is 53.9 cm³/mol. The first kappa shape index (κ1) is 9.64. The molecule has 3 heteroatoms. The molecule has 0 fully saturated rings. The van der Waals surface area contributed by atoms with Crippen LogP contribution in [0.4, 0.5) is 4.39 Å². The fourth-order valence-corrected chi connectivity index (χ4v) is 1.76. The molecule has 0 saturated carbocycles. The number of carbonyl (C=O) groups excluding carboxylic acids is 1. The Hall–Kier alpha value is -0.450. The number of hydrogen-bond donors (Lipinski definition) is 0. The molecule has 0 saturated heterocycles. The number of rotatable bonds is 1. The minimum atomic E-state index is -0.400. The Labute approximate surface area is 84.1 Å². The van der Waals surface area contributed by atoms with Crippen molar-refractivity contribution in [2.75, 3.05) is 0 Å². The summed E-state index contributed by atoms with van der Waals surface area (Å²) in [6.45, 7) is 3.03. The van der Waals surface area contributed by atoms with E-state index in [1.807, 2.05) is 0 Å². The van der Waals surface area contributed by atoms with Crippen LogP contribution in [0.15, 0.2) is 12.1 Å². The first-order valence-electron chi connectivity index (χ1n) is 3.49. The number of ketones is 1. The minimum absolute atomic E-state index is 0.180. The summed E-state index contributed by atoms with van der Waals surface area (Å²) in [5, 5.41) is 0. The van der Waals surface area contributed by atoms with Gasteiger partial charge in [0.1, 0.15) is 5.82 Å². The van der Waals surface area contributed by atoms with E-state index >= 15 is 0 Å². The second kappa shape index (κ2) is 3.51. The molecule has 0 amide bonds. The van der Waals surface area contributed by atoms with Crippen LogP contribution in [0.1, 0.15) is 22.8 Å². The van der Waals surface area contributed by atoms with Crippen molar-refractivity contribution in [3.63, 3.8) is 0 Å². The van der Waals surface area contributed by atoms with E-state index < -0.39 is 5.82 Å². The van der Waals surface area contributed by atoms with Gasteiger partial charge in [-0.2, -0.15) is 0 Å². The molecule has 1 aromatic carbocycles. The van der Waals surface area contributed by atoms with Gasteiger partial charge in [-0.1, -0.05) is 0 Å². The third-order valence-electron chi connectivity index (χ3n) is 1.60. The van der Waals surface area contributed by atoms with Crippen molar-refractivity contribution in [2.45, 2.75) is 13.8 Å². The quantitative estimate of drug-likeness (QED) is 0.570. The fourth-order valence-electron chi connectivity index (χ4n) is 0.982. The number of hydrogen-bond acceptors (Lipinski definition) is 1. The molecule has 1 nitrogen and oxygen atoms in total. The Morgan fingerprint density at radius 1 is 1.50 bits per heavy atom. The molecule has 0 aliphatic carbocycles. The van der Waals surface area contributed by atoms with Gasteiger partial charge < -0.3 is 0 Å². The average Bonchev–Trinajstić information content (AvgIpc) is 1.96. The number of carbonyl (C=O) groups is 1. The molecule has 0 aliphatic rings. The van der Waals surface area contributed by atoms with Crippen molar-refractivity contribution >= 4 is 28.4 Å². The molecule has 0 aromatic heterocycles. The standard InChI is InChI=1S/C9H8FIO/c1-5-3-7(11)4-8(6(2)12)9(5)10/h3-4H,1-2H3. The van der Waals surface area contributed by atoms with Gasteiger partial charge in [-0.15, -0.1) is 0 Å². The average molecular weight is 278 g/mol. The van der Waals surface area contributed by atoms with Gasteiger partial charge in [0.15, 0.2) is 5.78 Å². The van der Waals surface area contributed by atoms with E-state index in [0.29, 0.717) is 5.56 Å². The van der Waals surface area contributed by atoms with Crippen LogP contribution in [-0.2, 0) is 0 Å². The number of benzene rings is 1. The molecule has 0 spiro atoms. The smallest absolute Gasteiger partial charge is 0.162 e. The summed E-state index contributed by atoms with van der Waals surface area (Å²) in [7, 11) is 0. The van der Waals surface area contributed by atoms with Crippen molar-refractivity contribution in [2.24, 2.45) is 0 Å². The Morgan fingerprint density at radius 3 is 2.58 bits per heavy atom. The third-order valence-corrected chi connectivity index (χ3v) is 2.22. The molecule has 0 bridgehead atoms. The lowest BCUT2D eigenvalue weighted by Gasteiger charge is -2.02. The van der Waals surface area contributed by atoms with Crippen LogP contribution in [0.25, 0.3) is 0 Å². The van der Waals surface area contributed by atoms with E-state index in [-0.39, 0.29) is 11.3 Å². The van der Waals surface area contributed by atoms with E-state index in [0.717, 1.165) is 3.57 Å². The third kappa shape index (κ3) is 1.83. The molecular weight excluding hydrogens is 270 g/mol. The molecule has 1 aromatic rings. The molecule has 0 radical (unpaired) electrons. The number of Topliss-reactive ketones (excluding diaryl/α,β-unsaturated/α-hetero) is 1. The van der Waals surface area contributed by atoms with Crippen molar-refractivity contribution in [3.05, 3.63) is 32.6 Å². The van der Waals surface area contributed by atoms with Crippen molar-refractivity contribution in [1.82, 2.24) is 0 Å². The van der Waals surface area contributed by atoms with Crippen LogP contribution in [-0.4, -0.2) is 5.78 Å². The van der Waals surface area contributed by atoms with Crippen molar-refractivity contribution in [3.8, 4) is 0 Å². The van der Waals surface area contributed by atoms with E-state index in [1.54, 1.807) is 19.1 Å². The Bertz CT molecular complexity index is 334. The van der Waals surface area contributed by atoms with Gasteiger partial charge in [0.05, 0.1) is 5.56 Å². The highest BCUT2D eigenvalue weighted by Gasteiger charge is 2.10. The Kier molecular flexibility index (Phi) is 2.82. The summed E-state index contributed by atoms with van der Waals surface area (Å²) in [5.41, 5.74) is 0.700. The molecule has 64 valence electrons. The topological polar surface area (TPSA) is 17.1 Å². The van der Waals surface area contributed by atoms with Crippen LogP contribution in [0.3, 0.4) is 0 Å². The predicted octanol–water partition coefficient (Wildman–Crippen LogP) is 2.94. The molecule has 1 rings (SSSR count). The van der Waals surface area contributed by atoms with E-state index in [4.69, 9.17) is 0 Å².